The van der Waals surface area contributed by atoms with Crippen LogP contribution in [0.25, 0.3) is 0 Å². The zero-order valence-corrected chi connectivity index (χ0v) is 17.0. The Morgan fingerprint density at radius 2 is 1.96 bits per heavy atom. The molecule has 2 fully saturated rings. The van der Waals surface area contributed by atoms with E-state index in [0.29, 0.717) is 12.3 Å². The lowest BCUT2D eigenvalue weighted by Crippen LogP contribution is -2.65. The van der Waals surface area contributed by atoms with Crippen LogP contribution in [-0.4, -0.2) is 45.4 Å². The zero-order chi connectivity index (χ0) is 19.8. The van der Waals surface area contributed by atoms with Crippen LogP contribution in [0.5, 0.6) is 0 Å². The van der Waals surface area contributed by atoms with E-state index in [1.165, 1.54) is 18.6 Å². The molecule has 3 rings (SSSR count). The molecule has 0 aliphatic heterocycles. The molecule has 1 spiro atoms. The molecular formula is C19H28N2O5S. The van der Waals surface area contributed by atoms with Crippen LogP contribution in [0.1, 0.15) is 45.4 Å². The van der Waals surface area contributed by atoms with Crippen molar-refractivity contribution in [3.63, 3.8) is 0 Å². The van der Waals surface area contributed by atoms with Crippen molar-refractivity contribution < 1.29 is 18.1 Å². The number of benzene rings is 1. The molecule has 0 radical (unpaired) electrons. The van der Waals surface area contributed by atoms with Gasteiger partial charge in [-0.05, 0) is 38.3 Å². The van der Waals surface area contributed by atoms with Gasteiger partial charge in [-0.2, -0.15) is 0 Å². The highest BCUT2D eigenvalue weighted by atomic mass is 32.2. The average molecular weight is 397 g/mol. The smallest absolute Gasteiger partial charge is 0.293 e. The first-order valence-electron chi connectivity index (χ1n) is 9.53. The lowest BCUT2D eigenvalue weighted by Gasteiger charge is -2.60. The lowest BCUT2D eigenvalue weighted by molar-refractivity contribution is -0.384. The first kappa shape index (κ1) is 20.1. The Morgan fingerprint density at radius 1 is 1.30 bits per heavy atom. The van der Waals surface area contributed by atoms with Gasteiger partial charge in [-0.3, -0.25) is 10.1 Å². The van der Waals surface area contributed by atoms with E-state index in [-0.39, 0.29) is 28.1 Å². The number of anilines is 1. The summed E-state index contributed by atoms with van der Waals surface area (Å²) in [7, 11) is -1.62. The molecule has 0 aromatic heterocycles. The minimum absolute atomic E-state index is 0.0282. The molecule has 0 amide bonds. The number of ether oxygens (including phenoxy) is 1. The Morgan fingerprint density at radius 3 is 2.52 bits per heavy atom. The highest BCUT2D eigenvalue weighted by molar-refractivity contribution is 7.90. The predicted molar refractivity (Wildman–Crippen MR) is 104 cm³/mol. The third-order valence-electron chi connectivity index (χ3n) is 6.31. The molecule has 7 nitrogen and oxygen atoms in total. The van der Waals surface area contributed by atoms with E-state index in [9.17, 15) is 18.5 Å². The fraction of sp³-hybridized carbons (Fsp3) is 0.684. The van der Waals surface area contributed by atoms with E-state index in [4.69, 9.17) is 4.74 Å². The summed E-state index contributed by atoms with van der Waals surface area (Å²) in [5.41, 5.74) is 0.343. The van der Waals surface area contributed by atoms with Crippen LogP contribution in [0.4, 0.5) is 11.4 Å². The van der Waals surface area contributed by atoms with Gasteiger partial charge in [0.05, 0.1) is 15.9 Å². The van der Waals surface area contributed by atoms with Crippen molar-refractivity contribution in [3.8, 4) is 0 Å². The van der Waals surface area contributed by atoms with Crippen molar-refractivity contribution in [1.29, 1.82) is 0 Å². The zero-order valence-electron chi connectivity index (χ0n) is 16.2. The van der Waals surface area contributed by atoms with Crippen LogP contribution < -0.4 is 4.90 Å². The maximum Gasteiger partial charge on any atom is 0.293 e. The molecule has 2 unspecified atom stereocenters. The summed E-state index contributed by atoms with van der Waals surface area (Å²) < 4.78 is 29.6. The van der Waals surface area contributed by atoms with Gasteiger partial charge in [0.15, 0.2) is 9.84 Å². The molecule has 150 valence electrons. The Labute approximate surface area is 160 Å². The number of rotatable bonds is 6. The van der Waals surface area contributed by atoms with Gasteiger partial charge in [0.25, 0.3) is 5.69 Å². The van der Waals surface area contributed by atoms with Gasteiger partial charge in [0.2, 0.25) is 0 Å². The number of nitro groups is 1. The summed E-state index contributed by atoms with van der Waals surface area (Å²) in [6.45, 7) is 2.67. The number of nitro benzene ring substituents is 1. The maximum absolute atomic E-state index is 11.8. The minimum atomic E-state index is -3.50. The molecule has 0 saturated heterocycles. The van der Waals surface area contributed by atoms with E-state index in [2.05, 4.69) is 0 Å². The Hall–Kier alpha value is -1.67. The SMILES string of the molecule is CCOC1CC(N(C)c2ccc(S(C)(=O)=O)cc2[N+](=O)[O-])C12CCCCC2. The fourth-order valence-corrected chi connectivity index (χ4v) is 5.56. The van der Waals surface area contributed by atoms with Gasteiger partial charge in [-0.25, -0.2) is 8.42 Å². The largest absolute Gasteiger partial charge is 0.378 e. The highest BCUT2D eigenvalue weighted by Gasteiger charge is 2.57. The second-order valence-corrected chi connectivity index (χ2v) is 9.80. The van der Waals surface area contributed by atoms with Gasteiger partial charge >= 0.3 is 0 Å². The lowest BCUT2D eigenvalue weighted by atomic mass is 9.54. The van der Waals surface area contributed by atoms with Crippen LogP contribution in [0.2, 0.25) is 0 Å². The molecule has 8 heteroatoms. The van der Waals surface area contributed by atoms with Crippen molar-refractivity contribution in [3.05, 3.63) is 28.3 Å². The first-order chi connectivity index (χ1) is 12.7. The Bertz CT molecular complexity index is 817. The molecule has 1 aromatic carbocycles. The van der Waals surface area contributed by atoms with Gasteiger partial charge in [-0.1, -0.05) is 19.3 Å². The standard InChI is InChI=1S/C19H28N2O5S/c1-4-26-18-13-17(19(18)10-6-5-7-11-19)20(2)15-9-8-14(27(3,24)25)12-16(15)21(22)23/h8-9,12,17-18H,4-7,10-11,13H2,1-3H3. The average Bonchev–Trinajstić information content (AvgIpc) is 2.63. The third kappa shape index (κ3) is 3.57. The predicted octanol–water partition coefficient (Wildman–Crippen LogP) is 3.56. The van der Waals surface area contributed by atoms with Crippen LogP contribution in [-0.2, 0) is 14.6 Å². The number of hydrogen-bond donors (Lipinski definition) is 0. The normalized spacial score (nSPS) is 24.4. The van der Waals surface area contributed by atoms with Crippen LogP contribution >= 0.6 is 0 Å². The van der Waals surface area contributed by atoms with Crippen molar-refractivity contribution in [2.24, 2.45) is 5.41 Å². The van der Waals surface area contributed by atoms with Crippen molar-refractivity contribution in [1.82, 2.24) is 0 Å². The van der Waals surface area contributed by atoms with Gasteiger partial charge in [0.1, 0.15) is 5.69 Å². The van der Waals surface area contributed by atoms with Crippen LogP contribution in [0.15, 0.2) is 23.1 Å². The summed E-state index contributed by atoms with van der Waals surface area (Å²) in [6.07, 6.45) is 7.78. The summed E-state index contributed by atoms with van der Waals surface area (Å²) >= 11 is 0. The fourth-order valence-electron chi connectivity index (χ4n) is 4.92. The Balaban J connectivity index is 1.95. The molecule has 2 aliphatic rings. The quantitative estimate of drug-likeness (QED) is 0.539. The second kappa shape index (κ2) is 7.39. The van der Waals surface area contributed by atoms with E-state index in [1.807, 2.05) is 18.9 Å². The second-order valence-electron chi connectivity index (χ2n) is 7.78. The maximum atomic E-state index is 11.8. The third-order valence-corrected chi connectivity index (χ3v) is 7.42. The van der Waals surface area contributed by atoms with E-state index >= 15 is 0 Å². The summed E-state index contributed by atoms with van der Waals surface area (Å²) in [5, 5.41) is 11.6. The number of sulfone groups is 1. The topological polar surface area (TPSA) is 89.8 Å². The van der Waals surface area contributed by atoms with Crippen molar-refractivity contribution in [2.75, 3.05) is 24.8 Å². The first-order valence-corrected chi connectivity index (χ1v) is 11.4. The van der Waals surface area contributed by atoms with E-state index < -0.39 is 14.8 Å². The van der Waals surface area contributed by atoms with Crippen LogP contribution in [0.3, 0.4) is 0 Å². The molecular weight excluding hydrogens is 368 g/mol. The van der Waals surface area contributed by atoms with Crippen LogP contribution in [0, 0.1) is 15.5 Å². The van der Waals surface area contributed by atoms with Gasteiger partial charge in [0, 0.05) is 37.4 Å². The molecule has 2 aliphatic carbocycles. The van der Waals surface area contributed by atoms with E-state index in [1.54, 1.807) is 6.07 Å². The summed E-state index contributed by atoms with van der Waals surface area (Å²) in [6, 6.07) is 4.37. The summed E-state index contributed by atoms with van der Waals surface area (Å²) in [4.78, 5) is 13.1. The minimum Gasteiger partial charge on any atom is -0.378 e. The molecule has 0 bridgehead atoms. The molecule has 27 heavy (non-hydrogen) atoms. The molecule has 1 aromatic rings. The Kier molecular flexibility index (Phi) is 5.49. The number of nitrogens with zero attached hydrogens (tertiary/aromatic N) is 2. The molecule has 0 N–H and O–H groups in total. The van der Waals surface area contributed by atoms with Gasteiger partial charge in [-0.15, -0.1) is 0 Å². The van der Waals surface area contributed by atoms with Crippen molar-refractivity contribution >= 4 is 21.2 Å². The van der Waals surface area contributed by atoms with Gasteiger partial charge < -0.3 is 9.64 Å². The monoisotopic (exact) mass is 396 g/mol. The molecule has 2 saturated carbocycles. The number of hydrogen-bond acceptors (Lipinski definition) is 6. The molecule has 2 atom stereocenters. The molecule has 0 heterocycles. The van der Waals surface area contributed by atoms with Crippen molar-refractivity contribution in [2.45, 2.75) is 62.5 Å². The summed E-state index contributed by atoms with van der Waals surface area (Å²) in [5.74, 6) is 0. The van der Waals surface area contributed by atoms with E-state index in [0.717, 1.165) is 38.4 Å². The highest BCUT2D eigenvalue weighted by Crippen LogP contribution is 2.56.